The third-order valence-electron chi connectivity index (χ3n) is 6.45. The first-order chi connectivity index (χ1) is 20.5. The fourth-order valence-corrected chi connectivity index (χ4v) is 4.69. The average molecular weight is 718 g/mol. The molecule has 2 heterocycles. The number of carbonyl (C=O) groups excluding carboxylic acids is 2. The zero-order chi connectivity index (χ0) is 32.4. The van der Waals surface area contributed by atoms with Crippen LogP contribution < -0.4 is 15.1 Å². The van der Waals surface area contributed by atoms with E-state index < -0.39 is 13.6 Å². The molecule has 0 bridgehead atoms. The highest BCUT2D eigenvalue weighted by Crippen LogP contribution is 2.40. The molecule has 4 rings (SSSR count). The molecule has 1 fully saturated rings. The number of hydrogen-bond acceptors (Lipinski definition) is 7. The van der Waals surface area contributed by atoms with Crippen molar-refractivity contribution in [2.45, 2.75) is 7.59 Å². The van der Waals surface area contributed by atoms with E-state index in [0.717, 1.165) is 22.5 Å². The van der Waals surface area contributed by atoms with Crippen LogP contribution in [0.4, 0.5) is 22.1 Å². The van der Waals surface area contributed by atoms with Crippen LogP contribution in [-0.2, 0) is 12.4 Å². The topological polar surface area (TPSA) is 94.6 Å². The van der Waals surface area contributed by atoms with Crippen LogP contribution in [0.2, 0.25) is 0 Å². The van der Waals surface area contributed by atoms with Crippen molar-refractivity contribution < 1.29 is 9.59 Å². The molecule has 1 aromatic heterocycles. The number of alkyl halides is 6. The molecular weight excluding hydrogens is 691 g/mol. The Labute approximate surface area is 285 Å². The van der Waals surface area contributed by atoms with Gasteiger partial charge in [0.25, 0.3) is 0 Å². The molecule has 1 aliphatic rings. The van der Waals surface area contributed by atoms with E-state index in [9.17, 15) is 9.59 Å². The number of nitrogens with zero attached hydrogens (tertiary/aromatic N) is 6. The highest BCUT2D eigenvalue weighted by Gasteiger charge is 2.35. The first kappa shape index (κ1) is 34.1. The van der Waals surface area contributed by atoms with Gasteiger partial charge in [0.05, 0.1) is 13.1 Å². The van der Waals surface area contributed by atoms with Gasteiger partial charge in [0.2, 0.25) is 13.5 Å². The minimum atomic E-state index is -2.10. The summed E-state index contributed by atoms with van der Waals surface area (Å²) < 4.78 is -4.19. The molecule has 232 valence electrons. The number of benzene rings is 2. The zero-order valence-corrected chi connectivity index (χ0v) is 28.5. The summed E-state index contributed by atoms with van der Waals surface area (Å²) in [6.07, 6.45) is 3.52. The Balaban J connectivity index is 1.70. The third-order valence-corrected chi connectivity index (χ3v) is 7.47. The average Bonchev–Trinajstić information content (AvgIpc) is 2.94. The van der Waals surface area contributed by atoms with E-state index in [4.69, 9.17) is 69.6 Å². The second kappa shape index (κ2) is 13.7. The Morgan fingerprint density at radius 2 is 1.11 bits per heavy atom. The summed E-state index contributed by atoms with van der Waals surface area (Å²) in [5.74, 6) is -1.20. The normalized spacial score (nSPS) is 16.0. The van der Waals surface area contributed by atoms with Crippen LogP contribution in [-0.4, -0.2) is 72.9 Å². The number of rotatable bonds is 5. The monoisotopic (exact) mass is 715 g/mol. The maximum Gasteiger partial charge on any atom is 0.324 e. The minimum Gasteiger partial charge on any atom is -0.378 e. The van der Waals surface area contributed by atoms with Crippen molar-refractivity contribution in [3.63, 3.8) is 0 Å². The van der Waals surface area contributed by atoms with Crippen molar-refractivity contribution in [2.24, 2.45) is 0 Å². The van der Waals surface area contributed by atoms with E-state index in [-0.39, 0.29) is 36.5 Å². The molecule has 1 aliphatic heterocycles. The summed E-state index contributed by atoms with van der Waals surface area (Å²) in [4.78, 5) is 44.6. The van der Waals surface area contributed by atoms with Gasteiger partial charge in [-0.15, -0.1) is 0 Å². The number of carbonyl (C=O) groups is 2. The molecule has 1 saturated heterocycles. The summed E-state index contributed by atoms with van der Waals surface area (Å²) in [6.45, 7) is -0.00652. The van der Waals surface area contributed by atoms with E-state index >= 15 is 0 Å². The van der Waals surface area contributed by atoms with E-state index in [0.29, 0.717) is 11.1 Å². The summed E-state index contributed by atoms with van der Waals surface area (Å²) in [6, 6.07) is 14.7. The van der Waals surface area contributed by atoms with Gasteiger partial charge in [0.15, 0.2) is 17.4 Å². The van der Waals surface area contributed by atoms with Gasteiger partial charge < -0.3 is 14.7 Å². The lowest BCUT2D eigenvalue weighted by Gasteiger charge is -2.30. The molecule has 0 radical (unpaired) electrons. The van der Waals surface area contributed by atoms with Crippen molar-refractivity contribution in [2.75, 3.05) is 56.4 Å². The van der Waals surface area contributed by atoms with Crippen LogP contribution in [0, 0.1) is 0 Å². The molecule has 15 heteroatoms. The third kappa shape index (κ3) is 8.68. The number of piperidine rings is 1. The van der Waals surface area contributed by atoms with Gasteiger partial charge >= 0.3 is 6.03 Å². The predicted octanol–water partition coefficient (Wildman–Crippen LogP) is 7.24. The Hall–Kier alpha value is -2.79. The zero-order valence-electron chi connectivity index (χ0n) is 24.0. The van der Waals surface area contributed by atoms with Gasteiger partial charge in [-0.25, -0.2) is 9.78 Å². The lowest BCUT2D eigenvalue weighted by atomic mass is 9.94. The Morgan fingerprint density at radius 1 is 0.727 bits per heavy atom. The highest BCUT2D eigenvalue weighted by molar-refractivity contribution is 6.67. The SMILES string of the molecule is CN(C)c1ccc(C=C2CN(C(=O)Nc3nc(C(Cl)(Cl)Cl)nc(C(Cl)(Cl)Cl)n3)CC(=Cc3ccc(N(C)C)cc3)C2=O)cc1. The van der Waals surface area contributed by atoms with Crippen LogP contribution in [0.5, 0.6) is 0 Å². The van der Waals surface area contributed by atoms with Crippen molar-refractivity contribution in [3.05, 3.63) is 82.5 Å². The summed E-state index contributed by atoms with van der Waals surface area (Å²) in [7, 11) is 7.76. The molecular formula is C29H27Cl6N7O2. The fraction of sp³-hybridized carbons (Fsp3) is 0.276. The van der Waals surface area contributed by atoms with Gasteiger partial charge in [-0.2, -0.15) is 9.97 Å². The first-order valence-corrected chi connectivity index (χ1v) is 15.2. The van der Waals surface area contributed by atoms with Gasteiger partial charge in [-0.05, 0) is 47.5 Å². The number of anilines is 3. The smallest absolute Gasteiger partial charge is 0.324 e. The molecule has 2 amide bonds. The van der Waals surface area contributed by atoms with Crippen molar-refractivity contribution in [1.82, 2.24) is 19.9 Å². The van der Waals surface area contributed by atoms with Crippen molar-refractivity contribution in [1.29, 1.82) is 0 Å². The predicted molar refractivity (Wildman–Crippen MR) is 181 cm³/mol. The van der Waals surface area contributed by atoms with E-state index in [2.05, 4.69) is 20.3 Å². The van der Waals surface area contributed by atoms with E-state index in [1.165, 1.54) is 4.90 Å². The Bertz CT molecular complexity index is 1490. The fourth-order valence-electron chi connectivity index (χ4n) is 4.18. The van der Waals surface area contributed by atoms with Crippen LogP contribution in [0.25, 0.3) is 12.2 Å². The number of Topliss-reactive ketones (excluding diaryl/α,β-unsaturated/α-hetero) is 1. The number of aromatic nitrogens is 3. The van der Waals surface area contributed by atoms with Crippen LogP contribution in [0.3, 0.4) is 0 Å². The number of halogens is 6. The second-order valence-electron chi connectivity index (χ2n) is 10.2. The summed E-state index contributed by atoms with van der Waals surface area (Å²) >= 11 is 35.8. The molecule has 2 aromatic carbocycles. The number of urea groups is 1. The van der Waals surface area contributed by atoms with Crippen LogP contribution in [0.15, 0.2) is 59.7 Å². The quantitative estimate of drug-likeness (QED) is 0.220. The summed E-state index contributed by atoms with van der Waals surface area (Å²) in [5.41, 5.74) is 4.41. The number of likely N-dealkylation sites (tertiary alicyclic amines) is 1. The highest BCUT2D eigenvalue weighted by atomic mass is 35.6. The molecule has 0 spiro atoms. The van der Waals surface area contributed by atoms with Crippen molar-refractivity contribution in [3.8, 4) is 0 Å². The number of nitrogens with one attached hydrogen (secondary N) is 1. The Morgan fingerprint density at radius 3 is 1.45 bits per heavy atom. The molecule has 3 aromatic rings. The number of ketones is 1. The first-order valence-electron chi connectivity index (χ1n) is 13.0. The second-order valence-corrected chi connectivity index (χ2v) is 14.8. The Kier molecular flexibility index (Phi) is 10.6. The molecule has 44 heavy (non-hydrogen) atoms. The van der Waals surface area contributed by atoms with Crippen molar-refractivity contribution >= 4 is 111 Å². The van der Waals surface area contributed by atoms with Gasteiger partial charge in [-0.3, -0.25) is 10.1 Å². The standard InChI is InChI=1S/C29H27Cl6N7O2/c1-40(2)21-9-5-17(6-10-21)13-19-15-42(16-20(23(19)43)14-18-7-11-22(12-8-18)41(3)4)27(44)39-26-37-24(28(30,31)32)36-25(38-26)29(33,34)35/h5-14H,15-16H2,1-4H3,(H,36,37,38,39,44). The van der Waals surface area contributed by atoms with Gasteiger partial charge in [0, 0.05) is 50.7 Å². The number of hydrogen-bond donors (Lipinski definition) is 1. The minimum absolute atomic E-state index is 0.00326. The van der Waals surface area contributed by atoms with Gasteiger partial charge in [0.1, 0.15) is 0 Å². The summed E-state index contributed by atoms with van der Waals surface area (Å²) in [5, 5.41) is 2.56. The lowest BCUT2D eigenvalue weighted by molar-refractivity contribution is -0.113. The molecule has 0 saturated carbocycles. The number of amides is 2. The maximum atomic E-state index is 13.7. The molecule has 0 aliphatic carbocycles. The molecule has 0 unspecified atom stereocenters. The van der Waals surface area contributed by atoms with Crippen LogP contribution >= 0.6 is 69.6 Å². The van der Waals surface area contributed by atoms with E-state index in [1.807, 2.05) is 86.5 Å². The molecule has 1 N–H and O–H groups in total. The molecule has 0 atom stereocenters. The van der Waals surface area contributed by atoms with Crippen LogP contribution in [0.1, 0.15) is 22.8 Å². The maximum absolute atomic E-state index is 13.7. The molecule has 9 nitrogen and oxygen atoms in total. The largest absolute Gasteiger partial charge is 0.378 e. The van der Waals surface area contributed by atoms with E-state index in [1.54, 1.807) is 12.2 Å². The van der Waals surface area contributed by atoms with Gasteiger partial charge in [-0.1, -0.05) is 93.9 Å². The lowest BCUT2D eigenvalue weighted by Crippen LogP contribution is -2.44.